The quantitative estimate of drug-likeness (QED) is 0.419. The maximum absolute atomic E-state index is 12.6. The van der Waals surface area contributed by atoms with Gasteiger partial charge >= 0.3 is 6.61 Å². The van der Waals surface area contributed by atoms with E-state index in [-0.39, 0.29) is 30.1 Å². The highest BCUT2D eigenvalue weighted by molar-refractivity contribution is 5.85. The van der Waals surface area contributed by atoms with Crippen molar-refractivity contribution < 1.29 is 18.3 Å². The lowest BCUT2D eigenvalue weighted by Crippen LogP contribution is -2.23. The van der Waals surface area contributed by atoms with Crippen LogP contribution in [0.4, 0.5) is 8.78 Å². The number of hydrogen-bond acceptors (Lipinski definition) is 4. The maximum Gasteiger partial charge on any atom is 0.387 e. The van der Waals surface area contributed by atoms with Crippen LogP contribution in [0.3, 0.4) is 0 Å². The third-order valence-electron chi connectivity index (χ3n) is 4.41. The van der Waals surface area contributed by atoms with Crippen LogP contribution < -0.4 is 14.8 Å². The first-order valence-electron chi connectivity index (χ1n) is 8.11. The topological polar surface area (TPSA) is 79.3 Å². The van der Waals surface area contributed by atoms with E-state index in [1.165, 1.54) is 0 Å². The Hall–Kier alpha value is -1.76. The van der Waals surface area contributed by atoms with Crippen molar-refractivity contribution in [3.05, 3.63) is 34.2 Å². The summed E-state index contributed by atoms with van der Waals surface area (Å²) in [7, 11) is 0. The molecular formula is C16H21ClF2N4O2. The van der Waals surface area contributed by atoms with Gasteiger partial charge in [0.2, 0.25) is 0 Å². The van der Waals surface area contributed by atoms with E-state index in [0.717, 1.165) is 31.4 Å². The van der Waals surface area contributed by atoms with Gasteiger partial charge in [-0.25, -0.2) is 0 Å². The van der Waals surface area contributed by atoms with Crippen LogP contribution in [-0.4, -0.2) is 32.3 Å². The van der Waals surface area contributed by atoms with Gasteiger partial charge in [-0.1, -0.05) is 11.2 Å². The van der Waals surface area contributed by atoms with Crippen LogP contribution in [0.1, 0.15) is 30.7 Å². The van der Waals surface area contributed by atoms with Crippen LogP contribution in [-0.2, 0) is 0 Å². The van der Waals surface area contributed by atoms with E-state index in [1.807, 2.05) is 0 Å². The molecule has 25 heavy (non-hydrogen) atoms. The molecule has 0 amide bonds. The largest absolute Gasteiger partial charge is 0.489 e. The summed E-state index contributed by atoms with van der Waals surface area (Å²) in [6.45, 7) is -1.18. The van der Waals surface area contributed by atoms with Crippen LogP contribution in [0.2, 0.25) is 0 Å². The van der Waals surface area contributed by atoms with Gasteiger partial charge in [-0.3, -0.25) is 0 Å². The number of benzene rings is 1. The molecule has 1 heterocycles. The van der Waals surface area contributed by atoms with Crippen LogP contribution in [0, 0.1) is 5.92 Å². The fraction of sp³-hybridized carbons (Fsp3) is 0.625. The number of azide groups is 1. The Morgan fingerprint density at radius 1 is 1.32 bits per heavy atom. The Morgan fingerprint density at radius 2 is 2.12 bits per heavy atom. The summed E-state index contributed by atoms with van der Waals surface area (Å²) in [4.78, 5) is 2.77. The molecule has 0 unspecified atom stereocenters. The molecule has 1 aliphatic carbocycles. The summed E-state index contributed by atoms with van der Waals surface area (Å²) in [5.74, 6) is 1.20. The third-order valence-corrected chi connectivity index (χ3v) is 4.41. The van der Waals surface area contributed by atoms with E-state index >= 15 is 0 Å². The van der Waals surface area contributed by atoms with Crippen LogP contribution >= 0.6 is 12.4 Å². The summed E-state index contributed by atoms with van der Waals surface area (Å²) < 4.78 is 35.4. The second-order valence-corrected chi connectivity index (χ2v) is 6.29. The molecule has 1 aliphatic heterocycles. The second-order valence-electron chi connectivity index (χ2n) is 6.29. The van der Waals surface area contributed by atoms with Gasteiger partial charge in [0.25, 0.3) is 0 Å². The molecule has 3 rings (SSSR count). The Bertz CT molecular complexity index is 624. The molecule has 0 radical (unpaired) electrons. The molecule has 1 saturated carbocycles. The lowest BCUT2D eigenvalue weighted by atomic mass is 9.96. The highest BCUT2D eigenvalue weighted by atomic mass is 35.5. The van der Waals surface area contributed by atoms with Crippen molar-refractivity contribution in [2.75, 3.05) is 19.7 Å². The van der Waals surface area contributed by atoms with Crippen molar-refractivity contribution in [2.45, 2.75) is 37.8 Å². The number of nitrogens with zero attached hydrogens (tertiary/aromatic N) is 3. The normalized spacial score (nSPS) is 22.2. The lowest BCUT2D eigenvalue weighted by Gasteiger charge is -2.16. The molecule has 1 saturated heterocycles. The average molecular weight is 375 g/mol. The molecule has 2 atom stereocenters. The van der Waals surface area contributed by atoms with Gasteiger partial charge in [-0.05, 0) is 54.3 Å². The van der Waals surface area contributed by atoms with Gasteiger partial charge in [0.05, 0.1) is 6.61 Å². The molecule has 9 heteroatoms. The third kappa shape index (κ3) is 5.63. The lowest BCUT2D eigenvalue weighted by molar-refractivity contribution is -0.0515. The molecule has 2 fully saturated rings. The Labute approximate surface area is 150 Å². The monoisotopic (exact) mass is 374 g/mol. The zero-order valence-corrected chi connectivity index (χ0v) is 14.4. The first-order chi connectivity index (χ1) is 11.7. The van der Waals surface area contributed by atoms with Crippen LogP contribution in [0.5, 0.6) is 11.5 Å². The Balaban J connectivity index is 0.00000225. The van der Waals surface area contributed by atoms with Crippen molar-refractivity contribution in [3.8, 4) is 11.5 Å². The predicted octanol–water partition coefficient (Wildman–Crippen LogP) is 4.25. The number of alkyl halides is 2. The van der Waals surface area contributed by atoms with E-state index in [1.54, 1.807) is 18.2 Å². The predicted molar refractivity (Wildman–Crippen MR) is 91.7 cm³/mol. The minimum Gasteiger partial charge on any atom is -0.489 e. The van der Waals surface area contributed by atoms with Gasteiger partial charge in [-0.15, -0.1) is 12.4 Å². The highest BCUT2D eigenvalue weighted by Crippen LogP contribution is 2.37. The van der Waals surface area contributed by atoms with Crippen LogP contribution in [0.15, 0.2) is 23.3 Å². The highest BCUT2D eigenvalue weighted by Gasteiger charge is 2.27. The first-order valence-corrected chi connectivity index (χ1v) is 8.11. The van der Waals surface area contributed by atoms with Gasteiger partial charge in [0.1, 0.15) is 0 Å². The van der Waals surface area contributed by atoms with Gasteiger partial charge < -0.3 is 14.8 Å². The summed E-state index contributed by atoms with van der Waals surface area (Å²) >= 11 is 0. The molecule has 0 bridgehead atoms. The summed E-state index contributed by atoms with van der Waals surface area (Å²) in [5, 5.41) is 6.90. The molecule has 1 aromatic rings. The van der Waals surface area contributed by atoms with Gasteiger partial charge in [0.15, 0.2) is 11.5 Å². The molecule has 1 N–H and O–H groups in total. The van der Waals surface area contributed by atoms with Gasteiger partial charge in [-0.2, -0.15) is 8.78 Å². The van der Waals surface area contributed by atoms with Gasteiger partial charge in [0, 0.05) is 24.0 Å². The molecule has 0 spiro atoms. The second kappa shape index (κ2) is 9.08. The SMILES string of the molecule is Cl.[N-]=[N+]=NC[C@@H]1C[C@@H](c2ccc(OC(F)F)c(OCC3CC3)c2)CN1. The van der Waals surface area contributed by atoms with E-state index in [4.69, 9.17) is 10.3 Å². The summed E-state index contributed by atoms with van der Waals surface area (Å²) in [5.41, 5.74) is 9.41. The van der Waals surface area contributed by atoms with E-state index in [9.17, 15) is 8.78 Å². The van der Waals surface area contributed by atoms with Crippen molar-refractivity contribution in [1.82, 2.24) is 5.32 Å². The fourth-order valence-corrected chi connectivity index (χ4v) is 2.92. The summed E-state index contributed by atoms with van der Waals surface area (Å²) in [6, 6.07) is 5.27. The fourth-order valence-electron chi connectivity index (χ4n) is 2.92. The zero-order valence-electron chi connectivity index (χ0n) is 13.6. The van der Waals surface area contributed by atoms with Crippen molar-refractivity contribution in [2.24, 2.45) is 11.0 Å². The smallest absolute Gasteiger partial charge is 0.387 e. The van der Waals surface area contributed by atoms with Crippen molar-refractivity contribution in [1.29, 1.82) is 0 Å². The number of rotatable bonds is 8. The summed E-state index contributed by atoms with van der Waals surface area (Å²) in [6.07, 6.45) is 3.08. The van der Waals surface area contributed by atoms with E-state index < -0.39 is 6.61 Å². The molecular weight excluding hydrogens is 354 g/mol. The maximum atomic E-state index is 12.6. The number of ether oxygens (including phenoxy) is 2. The minimum atomic E-state index is -2.87. The molecule has 2 aliphatic rings. The minimum absolute atomic E-state index is 0. The molecule has 6 nitrogen and oxygen atoms in total. The Morgan fingerprint density at radius 3 is 2.80 bits per heavy atom. The standard InChI is InChI=1S/C16H20F2N4O2.ClH/c17-16(18)24-14-4-3-11(6-15(14)23-9-10-1-2-10)12-5-13(20-7-12)8-21-22-19;/h3-4,6,10,12-13,16,20H,1-2,5,7-9H2;1H/t12-,13+;/m1./s1. The number of nitrogens with one attached hydrogen (secondary N) is 1. The number of halogens is 3. The van der Waals surface area contributed by atoms with E-state index in [0.29, 0.717) is 24.8 Å². The van der Waals surface area contributed by atoms with Crippen molar-refractivity contribution in [3.63, 3.8) is 0 Å². The zero-order chi connectivity index (χ0) is 16.9. The Kier molecular flexibility index (Phi) is 7.11. The molecule has 1 aromatic carbocycles. The van der Waals surface area contributed by atoms with Crippen molar-refractivity contribution >= 4 is 12.4 Å². The van der Waals surface area contributed by atoms with E-state index in [2.05, 4.69) is 20.1 Å². The molecule has 0 aromatic heterocycles. The average Bonchev–Trinajstić information content (AvgIpc) is 3.27. The first kappa shape index (κ1) is 19.6. The molecule has 138 valence electrons. The van der Waals surface area contributed by atoms with Crippen LogP contribution in [0.25, 0.3) is 10.4 Å². The number of hydrogen-bond donors (Lipinski definition) is 1.